The van der Waals surface area contributed by atoms with Crippen LogP contribution in [0.2, 0.25) is 0 Å². The van der Waals surface area contributed by atoms with Crippen molar-refractivity contribution in [2.75, 3.05) is 7.11 Å². The van der Waals surface area contributed by atoms with E-state index in [9.17, 15) is 4.79 Å². The van der Waals surface area contributed by atoms with Gasteiger partial charge in [0.25, 0.3) is 0 Å². The Morgan fingerprint density at radius 2 is 2.21 bits per heavy atom. The van der Waals surface area contributed by atoms with Crippen molar-refractivity contribution in [1.82, 2.24) is 5.43 Å². The SMILES string of the molecule is COc1ccc2c(c1)CCC/C2=N/NC(=O)C1CC1. The van der Waals surface area contributed by atoms with E-state index in [1.165, 1.54) is 5.56 Å². The summed E-state index contributed by atoms with van der Waals surface area (Å²) in [6, 6.07) is 6.05. The number of carbonyl (C=O) groups excluding carboxylic acids is 1. The molecule has 1 saturated carbocycles. The van der Waals surface area contributed by atoms with Crippen LogP contribution in [0.4, 0.5) is 0 Å². The first-order chi connectivity index (χ1) is 9.28. The fourth-order valence-corrected chi connectivity index (χ4v) is 2.44. The number of ether oxygens (including phenoxy) is 1. The van der Waals surface area contributed by atoms with E-state index in [1.54, 1.807) is 7.11 Å². The topological polar surface area (TPSA) is 50.7 Å². The van der Waals surface area contributed by atoms with Crippen molar-refractivity contribution in [3.63, 3.8) is 0 Å². The molecular formula is C15H18N2O2. The van der Waals surface area contributed by atoms with Crippen molar-refractivity contribution in [2.45, 2.75) is 32.1 Å². The van der Waals surface area contributed by atoms with Crippen molar-refractivity contribution in [2.24, 2.45) is 11.0 Å². The molecule has 100 valence electrons. The predicted molar refractivity (Wildman–Crippen MR) is 73.3 cm³/mol. The highest BCUT2D eigenvalue weighted by Gasteiger charge is 2.29. The molecule has 2 aliphatic rings. The number of benzene rings is 1. The van der Waals surface area contributed by atoms with E-state index < -0.39 is 0 Å². The molecular weight excluding hydrogens is 240 g/mol. The molecule has 0 saturated heterocycles. The molecule has 0 aromatic heterocycles. The van der Waals surface area contributed by atoms with Gasteiger partial charge in [0.05, 0.1) is 12.8 Å². The van der Waals surface area contributed by atoms with Crippen LogP contribution >= 0.6 is 0 Å². The Bertz CT molecular complexity index is 533. The zero-order valence-electron chi connectivity index (χ0n) is 11.1. The summed E-state index contributed by atoms with van der Waals surface area (Å²) in [6.07, 6.45) is 5.04. The zero-order chi connectivity index (χ0) is 13.2. The van der Waals surface area contributed by atoms with Gasteiger partial charge in [-0.1, -0.05) is 0 Å². The van der Waals surface area contributed by atoms with Gasteiger partial charge < -0.3 is 4.74 Å². The maximum Gasteiger partial charge on any atom is 0.243 e. The predicted octanol–water partition coefficient (Wildman–Crippen LogP) is 2.26. The number of hydrogen-bond donors (Lipinski definition) is 1. The Morgan fingerprint density at radius 1 is 1.37 bits per heavy atom. The van der Waals surface area contributed by atoms with Crippen LogP contribution in [0, 0.1) is 5.92 Å². The molecule has 4 heteroatoms. The second kappa shape index (κ2) is 5.03. The van der Waals surface area contributed by atoms with Crippen molar-refractivity contribution in [3.8, 4) is 5.75 Å². The lowest BCUT2D eigenvalue weighted by atomic mass is 9.90. The van der Waals surface area contributed by atoms with Crippen LogP contribution in [0.15, 0.2) is 23.3 Å². The number of fused-ring (bicyclic) bond motifs is 1. The Balaban J connectivity index is 1.81. The number of hydrogen-bond acceptors (Lipinski definition) is 3. The smallest absolute Gasteiger partial charge is 0.243 e. The third-order valence-corrected chi connectivity index (χ3v) is 3.73. The van der Waals surface area contributed by atoms with Crippen LogP contribution in [0.5, 0.6) is 5.75 Å². The van der Waals surface area contributed by atoms with Gasteiger partial charge in [0.2, 0.25) is 5.91 Å². The minimum Gasteiger partial charge on any atom is -0.497 e. The molecule has 0 spiro atoms. The molecule has 1 N–H and O–H groups in total. The Labute approximate surface area is 112 Å². The van der Waals surface area contributed by atoms with Crippen LogP contribution in [-0.2, 0) is 11.2 Å². The van der Waals surface area contributed by atoms with Crippen LogP contribution in [0.25, 0.3) is 0 Å². The number of nitrogens with zero attached hydrogens (tertiary/aromatic N) is 1. The fourth-order valence-electron chi connectivity index (χ4n) is 2.44. The van der Waals surface area contributed by atoms with E-state index in [0.717, 1.165) is 49.1 Å². The summed E-state index contributed by atoms with van der Waals surface area (Å²) in [5.41, 5.74) is 6.08. The number of rotatable bonds is 3. The minimum atomic E-state index is 0.0631. The number of hydrazone groups is 1. The summed E-state index contributed by atoms with van der Waals surface area (Å²) in [4.78, 5) is 11.6. The summed E-state index contributed by atoms with van der Waals surface area (Å²) < 4.78 is 5.24. The number of methoxy groups -OCH3 is 1. The molecule has 0 atom stereocenters. The first-order valence-corrected chi connectivity index (χ1v) is 6.81. The molecule has 2 aliphatic carbocycles. The summed E-state index contributed by atoms with van der Waals surface area (Å²) in [5.74, 6) is 1.14. The summed E-state index contributed by atoms with van der Waals surface area (Å²) >= 11 is 0. The van der Waals surface area contributed by atoms with Crippen LogP contribution in [-0.4, -0.2) is 18.7 Å². The Kier molecular flexibility index (Phi) is 3.23. The average molecular weight is 258 g/mol. The van der Waals surface area contributed by atoms with E-state index in [4.69, 9.17) is 4.74 Å². The Morgan fingerprint density at radius 3 is 2.95 bits per heavy atom. The summed E-state index contributed by atoms with van der Waals surface area (Å²) in [5, 5.41) is 4.32. The molecule has 1 amide bonds. The fraction of sp³-hybridized carbons (Fsp3) is 0.467. The molecule has 19 heavy (non-hydrogen) atoms. The highest BCUT2D eigenvalue weighted by molar-refractivity contribution is 6.03. The highest BCUT2D eigenvalue weighted by atomic mass is 16.5. The van der Waals surface area contributed by atoms with Crippen LogP contribution < -0.4 is 10.2 Å². The van der Waals surface area contributed by atoms with Gasteiger partial charge in [0.15, 0.2) is 0 Å². The second-order valence-corrected chi connectivity index (χ2v) is 5.19. The van der Waals surface area contributed by atoms with Gasteiger partial charge >= 0.3 is 0 Å². The van der Waals surface area contributed by atoms with Gasteiger partial charge in [-0.2, -0.15) is 5.10 Å². The number of amides is 1. The largest absolute Gasteiger partial charge is 0.497 e. The molecule has 4 nitrogen and oxygen atoms in total. The third kappa shape index (κ3) is 2.62. The molecule has 3 rings (SSSR count). The maximum atomic E-state index is 11.6. The molecule has 0 aliphatic heterocycles. The van der Waals surface area contributed by atoms with Gasteiger partial charge in [-0.15, -0.1) is 0 Å². The van der Waals surface area contributed by atoms with E-state index in [0.29, 0.717) is 0 Å². The maximum absolute atomic E-state index is 11.6. The van der Waals surface area contributed by atoms with Crippen LogP contribution in [0.3, 0.4) is 0 Å². The van der Waals surface area contributed by atoms with Gasteiger partial charge in [0, 0.05) is 11.5 Å². The second-order valence-electron chi connectivity index (χ2n) is 5.19. The first-order valence-electron chi connectivity index (χ1n) is 6.81. The number of aryl methyl sites for hydroxylation is 1. The van der Waals surface area contributed by atoms with Gasteiger partial charge in [0.1, 0.15) is 5.75 Å². The van der Waals surface area contributed by atoms with Gasteiger partial charge in [-0.3, -0.25) is 4.79 Å². The normalized spacial score (nSPS) is 19.9. The van der Waals surface area contributed by atoms with Crippen molar-refractivity contribution in [1.29, 1.82) is 0 Å². The lowest BCUT2D eigenvalue weighted by Crippen LogP contribution is -2.23. The van der Waals surface area contributed by atoms with Crippen molar-refractivity contribution in [3.05, 3.63) is 29.3 Å². The minimum absolute atomic E-state index is 0.0631. The lowest BCUT2D eigenvalue weighted by Gasteiger charge is -2.18. The van der Waals surface area contributed by atoms with Crippen LogP contribution in [0.1, 0.15) is 36.8 Å². The number of nitrogens with one attached hydrogen (secondary N) is 1. The monoisotopic (exact) mass is 258 g/mol. The van der Waals surface area contributed by atoms with E-state index >= 15 is 0 Å². The number of carbonyl (C=O) groups is 1. The molecule has 0 bridgehead atoms. The van der Waals surface area contributed by atoms with Crippen molar-refractivity contribution < 1.29 is 9.53 Å². The zero-order valence-corrected chi connectivity index (χ0v) is 11.1. The standard InChI is InChI=1S/C15H18N2O2/c1-19-12-7-8-13-11(9-12)3-2-4-14(13)16-17-15(18)10-5-6-10/h7-10H,2-6H2,1H3,(H,17,18)/b16-14-. The van der Waals surface area contributed by atoms with E-state index in [2.05, 4.69) is 16.6 Å². The Hall–Kier alpha value is -1.84. The van der Waals surface area contributed by atoms with Crippen molar-refractivity contribution >= 4 is 11.6 Å². The third-order valence-electron chi connectivity index (χ3n) is 3.73. The summed E-state index contributed by atoms with van der Waals surface area (Å²) in [7, 11) is 1.68. The molecule has 0 unspecified atom stereocenters. The summed E-state index contributed by atoms with van der Waals surface area (Å²) in [6.45, 7) is 0. The van der Waals surface area contributed by atoms with Gasteiger partial charge in [-0.05, 0) is 55.9 Å². The molecule has 1 aromatic rings. The lowest BCUT2D eigenvalue weighted by molar-refractivity contribution is -0.122. The average Bonchev–Trinajstić information content (AvgIpc) is 3.28. The molecule has 1 aromatic carbocycles. The molecule has 0 radical (unpaired) electrons. The highest BCUT2D eigenvalue weighted by Crippen LogP contribution is 2.29. The van der Waals surface area contributed by atoms with E-state index in [1.807, 2.05) is 12.1 Å². The molecule has 1 fully saturated rings. The van der Waals surface area contributed by atoms with E-state index in [-0.39, 0.29) is 11.8 Å². The quantitative estimate of drug-likeness (QED) is 0.845. The van der Waals surface area contributed by atoms with Gasteiger partial charge in [-0.25, -0.2) is 5.43 Å². The molecule has 0 heterocycles. The first kappa shape index (κ1) is 12.2.